The average Bonchev–Trinajstić information content (AvgIpc) is 2.61. The van der Waals surface area contributed by atoms with Crippen molar-refractivity contribution in [1.82, 2.24) is 9.88 Å². The van der Waals surface area contributed by atoms with Gasteiger partial charge in [0.2, 0.25) is 0 Å². The highest BCUT2D eigenvalue weighted by atomic mass is 16.5. The molecular weight excluding hydrogens is 294 g/mol. The standard InChI is InChI=1S/C17H23N3O3/c1-22-13-2-3-16-15(8-13)14(4-5-19-16)17(21)10-20-6-7-23-11-12(20)9-18/h2-5,8,12,17,21H,6-7,9-11,18H2,1H3. The summed E-state index contributed by atoms with van der Waals surface area (Å²) >= 11 is 0. The number of β-amino-alcohol motifs (C(OH)–C–C–N with tert-alkyl or cyclic N) is 1. The molecule has 0 radical (unpaired) electrons. The molecule has 3 rings (SSSR count). The second kappa shape index (κ2) is 7.23. The summed E-state index contributed by atoms with van der Waals surface area (Å²) in [5.41, 5.74) is 7.51. The molecule has 2 heterocycles. The van der Waals surface area contributed by atoms with Gasteiger partial charge < -0.3 is 20.3 Å². The van der Waals surface area contributed by atoms with E-state index in [1.807, 2.05) is 24.3 Å². The van der Waals surface area contributed by atoms with Crippen molar-refractivity contribution in [3.63, 3.8) is 0 Å². The summed E-state index contributed by atoms with van der Waals surface area (Å²) in [5.74, 6) is 0.755. The number of aliphatic hydroxyl groups is 1. The number of pyridine rings is 1. The zero-order valence-corrected chi connectivity index (χ0v) is 13.3. The van der Waals surface area contributed by atoms with Crippen molar-refractivity contribution in [2.45, 2.75) is 12.1 Å². The third-order valence-electron chi connectivity index (χ3n) is 4.37. The quantitative estimate of drug-likeness (QED) is 0.854. The molecule has 3 N–H and O–H groups in total. The van der Waals surface area contributed by atoms with Gasteiger partial charge in [-0.2, -0.15) is 0 Å². The van der Waals surface area contributed by atoms with E-state index < -0.39 is 6.10 Å². The Morgan fingerprint density at radius 3 is 3.13 bits per heavy atom. The number of hydrogen-bond acceptors (Lipinski definition) is 6. The van der Waals surface area contributed by atoms with E-state index in [0.29, 0.717) is 26.3 Å². The minimum atomic E-state index is -0.611. The van der Waals surface area contributed by atoms with E-state index in [1.54, 1.807) is 13.3 Å². The van der Waals surface area contributed by atoms with Crippen LogP contribution in [0.1, 0.15) is 11.7 Å². The molecule has 0 amide bonds. The van der Waals surface area contributed by atoms with Crippen molar-refractivity contribution in [2.75, 3.05) is 40.0 Å². The van der Waals surface area contributed by atoms with Crippen LogP contribution in [0.15, 0.2) is 30.5 Å². The molecule has 0 bridgehead atoms. The summed E-state index contributed by atoms with van der Waals surface area (Å²) in [7, 11) is 1.63. The van der Waals surface area contributed by atoms with Gasteiger partial charge in [0.25, 0.3) is 0 Å². The lowest BCUT2D eigenvalue weighted by atomic mass is 10.0. The van der Waals surface area contributed by atoms with E-state index in [-0.39, 0.29) is 6.04 Å². The largest absolute Gasteiger partial charge is 0.497 e. The topological polar surface area (TPSA) is 80.8 Å². The van der Waals surface area contributed by atoms with E-state index in [0.717, 1.165) is 28.8 Å². The highest BCUT2D eigenvalue weighted by Crippen LogP contribution is 2.27. The number of nitrogens with two attached hydrogens (primary N) is 1. The molecule has 1 aromatic heterocycles. The number of rotatable bonds is 5. The number of hydrogen-bond donors (Lipinski definition) is 2. The maximum Gasteiger partial charge on any atom is 0.119 e. The predicted octanol–water partition coefficient (Wildman–Crippen LogP) is 0.936. The fourth-order valence-corrected chi connectivity index (χ4v) is 3.03. The molecule has 6 heteroatoms. The van der Waals surface area contributed by atoms with Crippen LogP contribution in [0.3, 0.4) is 0 Å². The molecule has 124 valence electrons. The maximum atomic E-state index is 10.8. The van der Waals surface area contributed by atoms with Crippen LogP contribution in [0, 0.1) is 0 Å². The van der Waals surface area contributed by atoms with Gasteiger partial charge >= 0.3 is 0 Å². The number of aromatic nitrogens is 1. The van der Waals surface area contributed by atoms with Crippen LogP contribution in [0.2, 0.25) is 0 Å². The molecule has 2 aromatic rings. The van der Waals surface area contributed by atoms with Crippen LogP contribution in [0.5, 0.6) is 5.75 Å². The Hall–Kier alpha value is -1.73. The predicted molar refractivity (Wildman–Crippen MR) is 88.5 cm³/mol. The Kier molecular flexibility index (Phi) is 5.07. The summed E-state index contributed by atoms with van der Waals surface area (Å²) in [6.07, 6.45) is 1.12. The van der Waals surface area contributed by atoms with Gasteiger partial charge in [0.1, 0.15) is 5.75 Å². The van der Waals surface area contributed by atoms with E-state index in [1.165, 1.54) is 0 Å². The first-order chi connectivity index (χ1) is 11.2. The molecule has 1 saturated heterocycles. The first-order valence-electron chi connectivity index (χ1n) is 7.85. The van der Waals surface area contributed by atoms with Gasteiger partial charge in [0.15, 0.2) is 0 Å². The first kappa shape index (κ1) is 16.1. The van der Waals surface area contributed by atoms with Crippen LogP contribution >= 0.6 is 0 Å². The molecular formula is C17H23N3O3. The summed E-state index contributed by atoms with van der Waals surface area (Å²) in [6.45, 7) is 3.13. The Labute approximate surface area is 135 Å². The second-order valence-electron chi connectivity index (χ2n) is 5.76. The SMILES string of the molecule is COc1ccc2nccc(C(O)CN3CCOCC3CN)c2c1. The van der Waals surface area contributed by atoms with Gasteiger partial charge in [-0.1, -0.05) is 0 Å². The van der Waals surface area contributed by atoms with Gasteiger partial charge in [0.05, 0.1) is 31.9 Å². The Bertz CT molecular complexity index is 665. The Morgan fingerprint density at radius 2 is 2.35 bits per heavy atom. The molecule has 1 fully saturated rings. The lowest BCUT2D eigenvalue weighted by Gasteiger charge is -2.36. The van der Waals surface area contributed by atoms with Crippen LogP contribution in [-0.4, -0.2) is 61.0 Å². The summed E-state index contributed by atoms with van der Waals surface area (Å²) in [5, 5.41) is 11.7. The zero-order chi connectivity index (χ0) is 16.2. The van der Waals surface area contributed by atoms with Crippen molar-refractivity contribution in [3.8, 4) is 5.75 Å². The number of aliphatic hydroxyl groups excluding tert-OH is 1. The fourth-order valence-electron chi connectivity index (χ4n) is 3.03. The van der Waals surface area contributed by atoms with E-state index in [4.69, 9.17) is 15.2 Å². The minimum absolute atomic E-state index is 0.154. The van der Waals surface area contributed by atoms with Crippen LogP contribution < -0.4 is 10.5 Å². The number of morpholine rings is 1. The van der Waals surface area contributed by atoms with E-state index >= 15 is 0 Å². The lowest BCUT2D eigenvalue weighted by molar-refractivity contribution is -0.0232. The van der Waals surface area contributed by atoms with Crippen molar-refractivity contribution in [3.05, 3.63) is 36.0 Å². The fraction of sp³-hybridized carbons (Fsp3) is 0.471. The summed E-state index contributed by atoms with van der Waals surface area (Å²) < 4.78 is 10.7. The molecule has 2 atom stereocenters. The second-order valence-corrected chi connectivity index (χ2v) is 5.76. The van der Waals surface area contributed by atoms with Gasteiger partial charge in [-0.3, -0.25) is 9.88 Å². The highest BCUT2D eigenvalue weighted by Gasteiger charge is 2.25. The number of fused-ring (bicyclic) bond motifs is 1. The maximum absolute atomic E-state index is 10.8. The molecule has 1 aliphatic heterocycles. The molecule has 0 saturated carbocycles. The zero-order valence-electron chi connectivity index (χ0n) is 13.3. The number of methoxy groups -OCH3 is 1. The van der Waals surface area contributed by atoms with Crippen molar-refractivity contribution in [2.24, 2.45) is 5.73 Å². The van der Waals surface area contributed by atoms with Gasteiger partial charge in [-0.15, -0.1) is 0 Å². The summed E-state index contributed by atoms with van der Waals surface area (Å²) in [4.78, 5) is 6.55. The highest BCUT2D eigenvalue weighted by molar-refractivity contribution is 5.83. The van der Waals surface area contributed by atoms with Gasteiger partial charge in [-0.05, 0) is 29.8 Å². The van der Waals surface area contributed by atoms with Crippen LogP contribution in [-0.2, 0) is 4.74 Å². The lowest BCUT2D eigenvalue weighted by Crippen LogP contribution is -2.50. The molecule has 2 unspecified atom stereocenters. The number of benzene rings is 1. The van der Waals surface area contributed by atoms with Gasteiger partial charge in [0, 0.05) is 37.3 Å². The number of ether oxygens (including phenoxy) is 2. The third-order valence-corrected chi connectivity index (χ3v) is 4.37. The van der Waals surface area contributed by atoms with Crippen molar-refractivity contribution < 1.29 is 14.6 Å². The Morgan fingerprint density at radius 1 is 1.48 bits per heavy atom. The minimum Gasteiger partial charge on any atom is -0.497 e. The smallest absolute Gasteiger partial charge is 0.119 e. The molecule has 6 nitrogen and oxygen atoms in total. The Balaban J connectivity index is 1.86. The van der Waals surface area contributed by atoms with E-state index in [2.05, 4.69) is 9.88 Å². The summed E-state index contributed by atoms with van der Waals surface area (Å²) in [6, 6.07) is 7.71. The van der Waals surface area contributed by atoms with Crippen LogP contribution in [0.4, 0.5) is 0 Å². The number of nitrogens with zero attached hydrogens (tertiary/aromatic N) is 2. The molecule has 1 aromatic carbocycles. The molecule has 23 heavy (non-hydrogen) atoms. The van der Waals surface area contributed by atoms with Crippen molar-refractivity contribution >= 4 is 10.9 Å². The first-order valence-corrected chi connectivity index (χ1v) is 7.85. The third kappa shape index (κ3) is 3.45. The van der Waals surface area contributed by atoms with Gasteiger partial charge in [-0.25, -0.2) is 0 Å². The molecule has 0 spiro atoms. The van der Waals surface area contributed by atoms with E-state index in [9.17, 15) is 5.11 Å². The molecule has 0 aliphatic carbocycles. The molecule has 1 aliphatic rings. The monoisotopic (exact) mass is 317 g/mol. The average molecular weight is 317 g/mol. The van der Waals surface area contributed by atoms with Crippen LogP contribution in [0.25, 0.3) is 10.9 Å². The normalized spacial score (nSPS) is 20.6. The van der Waals surface area contributed by atoms with Crippen molar-refractivity contribution in [1.29, 1.82) is 0 Å².